The van der Waals surface area contributed by atoms with E-state index in [2.05, 4.69) is 4.98 Å². The van der Waals surface area contributed by atoms with Crippen LogP contribution in [0.5, 0.6) is 0 Å². The molecule has 6 heteroatoms. The van der Waals surface area contributed by atoms with Gasteiger partial charge in [0.1, 0.15) is 11.4 Å². The minimum Gasteiger partial charge on any atom is -1.00 e. The van der Waals surface area contributed by atoms with E-state index in [9.17, 15) is 9.59 Å². The zero-order valence-corrected chi connectivity index (χ0v) is 13.5. The molecule has 0 saturated carbocycles. The molecular weight excluding hydrogens is 317 g/mol. The minimum absolute atomic E-state index is 0. The molecule has 0 aliphatic carbocycles. The van der Waals surface area contributed by atoms with E-state index in [0.29, 0.717) is 11.4 Å². The fraction of sp³-hybridized carbons (Fsp3) is 0.417. The van der Waals surface area contributed by atoms with Crippen LogP contribution in [0.4, 0.5) is 0 Å². The van der Waals surface area contributed by atoms with Crippen LogP contribution >= 0.6 is 0 Å². The standard InChI is InChI=1S/C12H15NO2.2ClH.Fe/c1-6-7(2)11(9(4)14)13-12(8(6)3)10(5)15;;;/h1-5H3;2*1H;/q;;;+2/p-2. The number of rotatable bonds is 2. The Morgan fingerprint density at radius 1 is 0.778 bits per heavy atom. The van der Waals surface area contributed by atoms with E-state index in [1.54, 1.807) is 0 Å². The number of carbonyl (C=O) groups is 2. The summed E-state index contributed by atoms with van der Waals surface area (Å²) in [7, 11) is 0. The summed E-state index contributed by atoms with van der Waals surface area (Å²) in [6.07, 6.45) is 0. The van der Waals surface area contributed by atoms with E-state index < -0.39 is 0 Å². The van der Waals surface area contributed by atoms with Crippen molar-refractivity contribution in [2.45, 2.75) is 34.6 Å². The van der Waals surface area contributed by atoms with Crippen LogP contribution in [0.25, 0.3) is 0 Å². The van der Waals surface area contributed by atoms with Crippen LogP contribution in [0, 0.1) is 20.8 Å². The molecule has 1 heterocycles. The molecule has 3 nitrogen and oxygen atoms in total. The number of ketones is 2. The summed E-state index contributed by atoms with van der Waals surface area (Å²) < 4.78 is 0. The number of hydrogen-bond acceptors (Lipinski definition) is 3. The number of Topliss-reactive ketones (excluding diaryl/α,β-unsaturated/α-hetero) is 2. The molecular formula is C12H15Cl2FeNO2. The summed E-state index contributed by atoms with van der Waals surface area (Å²) in [4.78, 5) is 26.8. The number of hydrogen-bond donors (Lipinski definition) is 0. The summed E-state index contributed by atoms with van der Waals surface area (Å²) >= 11 is 0. The van der Waals surface area contributed by atoms with Crippen molar-refractivity contribution in [3.05, 3.63) is 28.1 Å². The normalized spacial score (nSPS) is 8.50. The number of halogens is 2. The quantitative estimate of drug-likeness (QED) is 0.416. The fourth-order valence-electron chi connectivity index (χ4n) is 1.60. The molecule has 0 aliphatic rings. The van der Waals surface area contributed by atoms with Crippen LogP contribution in [-0.2, 0) is 17.1 Å². The van der Waals surface area contributed by atoms with E-state index in [-0.39, 0.29) is 53.4 Å². The second kappa shape index (κ2) is 8.65. The van der Waals surface area contributed by atoms with Gasteiger partial charge >= 0.3 is 17.1 Å². The Hall–Kier alpha value is -0.411. The Morgan fingerprint density at radius 2 is 1.06 bits per heavy atom. The second-order valence-electron chi connectivity index (χ2n) is 3.80. The third-order valence-electron chi connectivity index (χ3n) is 2.73. The van der Waals surface area contributed by atoms with Gasteiger partial charge in [-0.2, -0.15) is 0 Å². The molecule has 0 aliphatic heterocycles. The molecule has 0 amide bonds. The molecule has 0 radical (unpaired) electrons. The van der Waals surface area contributed by atoms with Crippen molar-refractivity contribution in [2.75, 3.05) is 0 Å². The van der Waals surface area contributed by atoms with Crippen molar-refractivity contribution < 1.29 is 51.5 Å². The maximum Gasteiger partial charge on any atom is 2.00 e. The zero-order chi connectivity index (χ0) is 11.7. The topological polar surface area (TPSA) is 47.0 Å². The molecule has 0 N–H and O–H groups in total. The number of aromatic nitrogens is 1. The average molecular weight is 332 g/mol. The summed E-state index contributed by atoms with van der Waals surface area (Å²) in [5.41, 5.74) is 3.52. The van der Waals surface area contributed by atoms with E-state index in [1.165, 1.54) is 13.8 Å². The van der Waals surface area contributed by atoms with Crippen molar-refractivity contribution in [1.29, 1.82) is 0 Å². The Balaban J connectivity index is -0.000000750. The molecule has 0 spiro atoms. The molecule has 0 bridgehead atoms. The van der Waals surface area contributed by atoms with Crippen LogP contribution < -0.4 is 24.8 Å². The third kappa shape index (κ3) is 4.36. The van der Waals surface area contributed by atoms with Gasteiger partial charge in [0.2, 0.25) is 0 Å². The molecule has 0 unspecified atom stereocenters. The molecule has 0 atom stereocenters. The van der Waals surface area contributed by atoms with Crippen LogP contribution in [0.15, 0.2) is 0 Å². The Labute approximate surface area is 130 Å². The Kier molecular flexibility index (Phi) is 10.9. The van der Waals surface area contributed by atoms with Crippen molar-refractivity contribution in [2.24, 2.45) is 0 Å². The van der Waals surface area contributed by atoms with Gasteiger partial charge in [0.25, 0.3) is 0 Å². The zero-order valence-electron chi connectivity index (χ0n) is 10.9. The van der Waals surface area contributed by atoms with Crippen LogP contribution in [0.3, 0.4) is 0 Å². The van der Waals surface area contributed by atoms with Crippen molar-refractivity contribution in [3.63, 3.8) is 0 Å². The van der Waals surface area contributed by atoms with Gasteiger partial charge in [-0.3, -0.25) is 9.59 Å². The molecule has 1 rings (SSSR count). The van der Waals surface area contributed by atoms with Gasteiger partial charge in [-0.15, -0.1) is 0 Å². The summed E-state index contributed by atoms with van der Waals surface area (Å²) in [5, 5.41) is 0. The summed E-state index contributed by atoms with van der Waals surface area (Å²) in [6, 6.07) is 0. The first-order valence-corrected chi connectivity index (χ1v) is 4.86. The molecule has 0 fully saturated rings. The van der Waals surface area contributed by atoms with Gasteiger partial charge < -0.3 is 24.8 Å². The summed E-state index contributed by atoms with van der Waals surface area (Å²) in [6.45, 7) is 8.55. The average Bonchev–Trinajstić information content (AvgIpc) is 2.13. The maximum atomic E-state index is 11.3. The van der Waals surface area contributed by atoms with E-state index in [4.69, 9.17) is 0 Å². The number of pyridine rings is 1. The Bertz CT molecular complexity index is 424. The smallest absolute Gasteiger partial charge is 1.00 e. The van der Waals surface area contributed by atoms with Crippen LogP contribution in [0.2, 0.25) is 0 Å². The summed E-state index contributed by atoms with van der Waals surface area (Å²) in [5.74, 6) is -0.198. The largest absolute Gasteiger partial charge is 2.00 e. The molecule has 0 aromatic carbocycles. The third-order valence-corrected chi connectivity index (χ3v) is 2.73. The fourth-order valence-corrected chi connectivity index (χ4v) is 1.60. The molecule has 102 valence electrons. The van der Waals surface area contributed by atoms with Crippen molar-refractivity contribution >= 4 is 11.6 Å². The van der Waals surface area contributed by atoms with Gasteiger partial charge in [0, 0.05) is 13.8 Å². The van der Waals surface area contributed by atoms with Crippen molar-refractivity contribution in [1.82, 2.24) is 4.98 Å². The first kappa shape index (κ1) is 22.7. The van der Waals surface area contributed by atoms with Gasteiger partial charge in [0.05, 0.1) is 0 Å². The molecule has 18 heavy (non-hydrogen) atoms. The molecule has 1 aromatic heterocycles. The van der Waals surface area contributed by atoms with Crippen LogP contribution in [0.1, 0.15) is 51.5 Å². The number of nitrogens with zero attached hydrogens (tertiary/aromatic N) is 1. The minimum atomic E-state index is -0.0990. The molecule has 0 saturated heterocycles. The first-order valence-electron chi connectivity index (χ1n) is 4.86. The first-order chi connectivity index (χ1) is 6.86. The SMILES string of the molecule is CC(=O)c1nc(C(C)=O)c(C)c(C)c1C.[Cl-].[Cl-].[Fe+2]. The van der Waals surface area contributed by atoms with Gasteiger partial charge in [0.15, 0.2) is 11.6 Å². The maximum absolute atomic E-state index is 11.3. The van der Waals surface area contributed by atoms with Gasteiger partial charge in [-0.25, -0.2) is 4.98 Å². The van der Waals surface area contributed by atoms with E-state index >= 15 is 0 Å². The molecule has 1 aromatic rings. The second-order valence-corrected chi connectivity index (χ2v) is 3.80. The van der Waals surface area contributed by atoms with Crippen LogP contribution in [-0.4, -0.2) is 16.6 Å². The van der Waals surface area contributed by atoms with Crippen molar-refractivity contribution in [3.8, 4) is 0 Å². The Morgan fingerprint density at radius 3 is 1.28 bits per heavy atom. The van der Waals surface area contributed by atoms with E-state index in [1.807, 2.05) is 20.8 Å². The van der Waals surface area contributed by atoms with Gasteiger partial charge in [-0.1, -0.05) is 0 Å². The predicted octanol–water partition coefficient (Wildman–Crippen LogP) is -3.58. The van der Waals surface area contributed by atoms with Gasteiger partial charge in [-0.05, 0) is 37.5 Å². The predicted molar refractivity (Wildman–Crippen MR) is 58.5 cm³/mol. The van der Waals surface area contributed by atoms with E-state index in [0.717, 1.165) is 16.7 Å². The number of carbonyl (C=O) groups excluding carboxylic acids is 2. The monoisotopic (exact) mass is 331 g/mol.